The highest BCUT2D eigenvalue weighted by Gasteiger charge is 2.08. The first kappa shape index (κ1) is 20.6. The van der Waals surface area contributed by atoms with E-state index in [2.05, 4.69) is 84.8 Å². The van der Waals surface area contributed by atoms with Gasteiger partial charge in [-0.15, -0.1) is 11.8 Å². The van der Waals surface area contributed by atoms with Crippen LogP contribution in [0.2, 0.25) is 0 Å². The first-order valence-corrected chi connectivity index (χ1v) is 9.85. The molecule has 0 aromatic carbocycles. The highest BCUT2D eigenvalue weighted by atomic mass is 32.2. The molecule has 0 saturated heterocycles. The largest absolute Gasteiger partial charge is 0.130 e. The zero-order valence-electron chi connectivity index (χ0n) is 16.4. The molecule has 1 rings (SSSR count). The third-order valence-electron chi connectivity index (χ3n) is 4.68. The summed E-state index contributed by atoms with van der Waals surface area (Å²) in [5.41, 5.74) is 9.39. The summed E-state index contributed by atoms with van der Waals surface area (Å²) < 4.78 is 0. The third kappa shape index (κ3) is 5.56. The van der Waals surface area contributed by atoms with Gasteiger partial charge in [0.1, 0.15) is 0 Å². The van der Waals surface area contributed by atoms with Crippen LogP contribution in [-0.4, -0.2) is 6.26 Å². The molecule has 0 N–H and O–H groups in total. The molecule has 0 aromatic heterocycles. The zero-order valence-corrected chi connectivity index (χ0v) is 17.2. The van der Waals surface area contributed by atoms with E-state index in [1.165, 1.54) is 51.9 Å². The topological polar surface area (TPSA) is 0 Å². The van der Waals surface area contributed by atoms with Crippen molar-refractivity contribution in [2.45, 2.75) is 54.4 Å². The van der Waals surface area contributed by atoms with Crippen LogP contribution in [0.15, 0.2) is 80.9 Å². The Kier molecular flexibility index (Phi) is 8.35. The number of hydrogen-bond donors (Lipinski definition) is 0. The molecule has 0 radical (unpaired) electrons. The summed E-state index contributed by atoms with van der Waals surface area (Å²) in [6, 6.07) is 0. The molecule has 0 nitrogen and oxygen atoms in total. The van der Waals surface area contributed by atoms with Crippen molar-refractivity contribution in [3.05, 3.63) is 80.9 Å². The molecule has 1 aliphatic carbocycles. The summed E-state index contributed by atoms with van der Waals surface area (Å²) >= 11 is 1.70. The Morgan fingerprint density at radius 2 is 1.83 bits per heavy atom. The zero-order chi connectivity index (χ0) is 18.3. The Hall–Kier alpha value is -1.47. The normalized spacial score (nSPS) is 18.0. The highest BCUT2D eigenvalue weighted by molar-refractivity contribution is 8.02. The first-order chi connectivity index (χ1) is 11.3. The molecule has 130 valence electrons. The summed E-state index contributed by atoms with van der Waals surface area (Å²) in [5, 5.41) is 0. The van der Waals surface area contributed by atoms with Crippen LogP contribution in [-0.2, 0) is 0 Å². The molecule has 0 aromatic rings. The molecule has 1 heteroatoms. The van der Waals surface area contributed by atoms with E-state index in [1.807, 2.05) is 0 Å². The molecule has 24 heavy (non-hydrogen) atoms. The lowest BCUT2D eigenvalue weighted by molar-refractivity contribution is 0.941. The second kappa shape index (κ2) is 9.74. The molecule has 0 bridgehead atoms. The molecule has 0 aliphatic heterocycles. The van der Waals surface area contributed by atoms with Crippen molar-refractivity contribution in [1.29, 1.82) is 0 Å². The van der Waals surface area contributed by atoms with Crippen LogP contribution in [0.25, 0.3) is 0 Å². The van der Waals surface area contributed by atoms with E-state index in [-0.39, 0.29) is 0 Å². The van der Waals surface area contributed by atoms with Gasteiger partial charge in [0.2, 0.25) is 0 Å². The molecule has 0 unspecified atom stereocenters. The molecule has 0 saturated carbocycles. The van der Waals surface area contributed by atoms with Gasteiger partial charge in [-0.1, -0.05) is 42.5 Å². The number of thioether (sulfide) groups is 1. The van der Waals surface area contributed by atoms with E-state index in [0.29, 0.717) is 0 Å². The SMILES string of the molecule is C=C(SC)/C(C)=C\C(C)=C(/C)C(=CC)/C=C(\C)C1=C(C)CCC=C1. The van der Waals surface area contributed by atoms with Crippen molar-refractivity contribution in [1.82, 2.24) is 0 Å². The van der Waals surface area contributed by atoms with Gasteiger partial charge in [-0.25, -0.2) is 0 Å². The van der Waals surface area contributed by atoms with E-state index in [9.17, 15) is 0 Å². The third-order valence-corrected chi connectivity index (χ3v) is 5.50. The Morgan fingerprint density at radius 3 is 2.38 bits per heavy atom. The Bertz CT molecular complexity index is 673. The number of rotatable bonds is 6. The predicted molar refractivity (Wildman–Crippen MR) is 113 cm³/mol. The molecule has 1 aliphatic rings. The lowest BCUT2D eigenvalue weighted by atomic mass is 9.91. The number of allylic oxidation sites excluding steroid dienone is 12. The van der Waals surface area contributed by atoms with Crippen LogP contribution >= 0.6 is 11.8 Å². The minimum atomic E-state index is 1.13. The number of hydrogen-bond acceptors (Lipinski definition) is 1. The van der Waals surface area contributed by atoms with E-state index in [4.69, 9.17) is 0 Å². The van der Waals surface area contributed by atoms with Crippen molar-refractivity contribution in [3.63, 3.8) is 0 Å². The van der Waals surface area contributed by atoms with Crippen LogP contribution in [0.4, 0.5) is 0 Å². The fourth-order valence-corrected chi connectivity index (χ4v) is 3.25. The van der Waals surface area contributed by atoms with E-state index in [0.717, 1.165) is 4.91 Å². The fourth-order valence-electron chi connectivity index (χ4n) is 2.87. The minimum Gasteiger partial charge on any atom is -0.130 e. The molecule has 0 heterocycles. The van der Waals surface area contributed by atoms with Crippen LogP contribution in [0.3, 0.4) is 0 Å². The maximum absolute atomic E-state index is 4.10. The van der Waals surface area contributed by atoms with Crippen molar-refractivity contribution in [2.75, 3.05) is 6.26 Å². The van der Waals surface area contributed by atoms with Crippen LogP contribution in [0, 0.1) is 0 Å². The lowest BCUT2D eigenvalue weighted by Crippen LogP contribution is -1.95. The molecule has 0 spiro atoms. The van der Waals surface area contributed by atoms with Gasteiger partial charge in [-0.2, -0.15) is 0 Å². The minimum absolute atomic E-state index is 1.13. The second-order valence-electron chi connectivity index (χ2n) is 6.47. The fraction of sp³-hybridized carbons (Fsp3) is 0.391. The Balaban J connectivity index is 3.17. The van der Waals surface area contributed by atoms with Gasteiger partial charge in [-0.05, 0) is 94.1 Å². The Labute approximate surface area is 153 Å². The van der Waals surface area contributed by atoms with Crippen molar-refractivity contribution in [3.8, 4) is 0 Å². The van der Waals surface area contributed by atoms with Crippen molar-refractivity contribution in [2.24, 2.45) is 0 Å². The average molecular weight is 341 g/mol. The van der Waals surface area contributed by atoms with E-state index in [1.54, 1.807) is 11.8 Å². The summed E-state index contributed by atoms with van der Waals surface area (Å²) in [5.74, 6) is 0. The summed E-state index contributed by atoms with van der Waals surface area (Å²) in [6.45, 7) is 17.2. The smallest absolute Gasteiger partial charge is 0.00265 e. The molecular weight excluding hydrogens is 308 g/mol. The summed E-state index contributed by atoms with van der Waals surface area (Å²) in [7, 11) is 0. The second-order valence-corrected chi connectivity index (χ2v) is 7.37. The van der Waals surface area contributed by atoms with Gasteiger partial charge in [-0.3, -0.25) is 0 Å². The molecular formula is C23H32S. The monoisotopic (exact) mass is 340 g/mol. The standard InChI is InChI=1S/C23H32S/c1-9-22(15-19(5)23-13-11-10-12-16(23)2)20(6)17(3)14-18(4)21(7)24-8/h9,11,13-15H,7,10,12H2,1-6,8H3/b18-14-,19-15+,20-17+,22-9?. The summed E-state index contributed by atoms with van der Waals surface area (Å²) in [4.78, 5) is 1.13. The van der Waals surface area contributed by atoms with E-state index >= 15 is 0 Å². The quantitative estimate of drug-likeness (QED) is 0.446. The van der Waals surface area contributed by atoms with E-state index < -0.39 is 0 Å². The van der Waals surface area contributed by atoms with Crippen LogP contribution < -0.4 is 0 Å². The predicted octanol–water partition coefficient (Wildman–Crippen LogP) is 7.70. The van der Waals surface area contributed by atoms with Gasteiger partial charge in [0.15, 0.2) is 0 Å². The van der Waals surface area contributed by atoms with Crippen LogP contribution in [0.1, 0.15) is 54.4 Å². The van der Waals surface area contributed by atoms with Crippen molar-refractivity contribution >= 4 is 11.8 Å². The summed E-state index contributed by atoms with van der Waals surface area (Å²) in [6.07, 6.45) is 15.7. The highest BCUT2D eigenvalue weighted by Crippen LogP contribution is 2.28. The molecule has 0 amide bonds. The average Bonchev–Trinajstić information content (AvgIpc) is 2.58. The Morgan fingerprint density at radius 1 is 1.17 bits per heavy atom. The first-order valence-electron chi connectivity index (χ1n) is 8.62. The maximum atomic E-state index is 4.10. The van der Waals surface area contributed by atoms with Crippen LogP contribution in [0.5, 0.6) is 0 Å². The van der Waals surface area contributed by atoms with Gasteiger partial charge in [0, 0.05) is 4.91 Å². The molecule has 0 atom stereocenters. The lowest BCUT2D eigenvalue weighted by Gasteiger charge is -2.15. The maximum Gasteiger partial charge on any atom is 0.00265 e. The van der Waals surface area contributed by atoms with Crippen molar-refractivity contribution < 1.29 is 0 Å². The van der Waals surface area contributed by atoms with Gasteiger partial charge in [0.25, 0.3) is 0 Å². The molecule has 0 fully saturated rings. The van der Waals surface area contributed by atoms with Gasteiger partial charge in [0.05, 0.1) is 0 Å². The van der Waals surface area contributed by atoms with Gasteiger partial charge >= 0.3 is 0 Å². The van der Waals surface area contributed by atoms with Gasteiger partial charge < -0.3 is 0 Å².